The van der Waals surface area contributed by atoms with Crippen molar-refractivity contribution in [2.24, 2.45) is 0 Å². The Hall–Kier alpha value is -1.89. The first-order valence-corrected chi connectivity index (χ1v) is 8.11. The molecule has 124 valence electrons. The van der Waals surface area contributed by atoms with E-state index in [1.807, 2.05) is 23.4 Å². The number of rotatable bonds is 3. The van der Waals surface area contributed by atoms with Gasteiger partial charge in [-0.3, -0.25) is 4.79 Å². The lowest BCUT2D eigenvalue weighted by Crippen LogP contribution is -2.42. The minimum absolute atomic E-state index is 0.0393. The van der Waals surface area contributed by atoms with Gasteiger partial charge >= 0.3 is 0 Å². The monoisotopic (exact) mass is 337 g/mol. The molecule has 1 aliphatic rings. The molecule has 7 nitrogen and oxygen atoms in total. The first kappa shape index (κ1) is 16.0. The van der Waals surface area contributed by atoms with Crippen molar-refractivity contribution >= 4 is 17.5 Å². The van der Waals surface area contributed by atoms with Crippen LogP contribution in [0.25, 0.3) is 0 Å². The van der Waals surface area contributed by atoms with Crippen molar-refractivity contribution in [1.29, 1.82) is 0 Å². The summed E-state index contributed by atoms with van der Waals surface area (Å²) >= 11 is 5.95. The molecule has 0 bridgehead atoms. The van der Waals surface area contributed by atoms with Gasteiger partial charge in [0.2, 0.25) is 11.1 Å². The predicted molar refractivity (Wildman–Crippen MR) is 84.3 cm³/mol. The number of halogens is 1. The van der Waals surface area contributed by atoms with Crippen LogP contribution in [-0.2, 0) is 11.2 Å². The molecule has 1 fully saturated rings. The average molecular weight is 338 g/mol. The van der Waals surface area contributed by atoms with E-state index in [4.69, 9.17) is 16.1 Å². The molecule has 23 heavy (non-hydrogen) atoms. The number of hydrogen-bond donors (Lipinski definition) is 0. The highest BCUT2D eigenvalue weighted by atomic mass is 35.5. The van der Waals surface area contributed by atoms with Gasteiger partial charge in [0, 0.05) is 18.7 Å². The lowest BCUT2D eigenvalue weighted by atomic mass is 10.0. The number of carbonyl (C=O) groups excluding carboxylic acids is 1. The quantitative estimate of drug-likeness (QED) is 0.858. The van der Waals surface area contributed by atoms with Gasteiger partial charge in [-0.1, -0.05) is 5.16 Å². The molecular weight excluding hydrogens is 318 g/mol. The standard InChI is InChI=1S/C15H20ClN5O2/c1-9-13(15(16)23-19-9)7-14(22)20-6-4-5-12(8-20)21-11(3)17-10(2)18-21/h12H,4-8H2,1-3H3/t12-/m1/s1. The van der Waals surface area contributed by atoms with Crippen molar-refractivity contribution in [2.75, 3.05) is 13.1 Å². The smallest absolute Gasteiger partial charge is 0.229 e. The van der Waals surface area contributed by atoms with Crippen LogP contribution in [0.1, 0.15) is 41.8 Å². The van der Waals surface area contributed by atoms with E-state index in [1.54, 1.807) is 6.92 Å². The summed E-state index contributed by atoms with van der Waals surface area (Å²) in [6.07, 6.45) is 2.17. The largest absolute Gasteiger partial charge is 0.344 e. The third-order valence-electron chi connectivity index (χ3n) is 4.27. The molecule has 1 saturated heterocycles. The number of nitrogens with zero attached hydrogens (tertiary/aromatic N) is 5. The predicted octanol–water partition coefficient (Wildman–Crippen LogP) is 2.25. The number of aromatic nitrogens is 4. The molecule has 0 aliphatic carbocycles. The zero-order chi connectivity index (χ0) is 16.6. The lowest BCUT2D eigenvalue weighted by molar-refractivity contribution is -0.132. The first-order valence-electron chi connectivity index (χ1n) is 7.74. The summed E-state index contributed by atoms with van der Waals surface area (Å²) in [5.74, 6) is 1.69. The molecule has 0 aromatic carbocycles. The summed E-state index contributed by atoms with van der Waals surface area (Å²) in [6.45, 7) is 7.01. The number of piperidine rings is 1. The number of aryl methyl sites for hydroxylation is 3. The second-order valence-electron chi connectivity index (χ2n) is 5.98. The maximum Gasteiger partial charge on any atom is 0.229 e. The number of amides is 1. The number of carbonyl (C=O) groups is 1. The van der Waals surface area contributed by atoms with Crippen molar-refractivity contribution in [3.05, 3.63) is 28.1 Å². The SMILES string of the molecule is Cc1nc(C)n([C@@H]2CCCN(C(=O)Cc3c(C)noc3Cl)C2)n1. The van der Waals surface area contributed by atoms with Gasteiger partial charge < -0.3 is 9.42 Å². The zero-order valence-electron chi connectivity index (χ0n) is 13.5. The molecule has 1 aliphatic heterocycles. The van der Waals surface area contributed by atoms with E-state index in [0.29, 0.717) is 17.8 Å². The van der Waals surface area contributed by atoms with E-state index < -0.39 is 0 Å². The topological polar surface area (TPSA) is 77.0 Å². The van der Waals surface area contributed by atoms with Crippen LogP contribution in [0.2, 0.25) is 5.22 Å². The molecule has 3 rings (SSSR count). The minimum Gasteiger partial charge on any atom is -0.344 e. The molecular formula is C15H20ClN5O2. The molecule has 0 N–H and O–H groups in total. The summed E-state index contributed by atoms with van der Waals surface area (Å²) in [5, 5.41) is 8.45. The van der Waals surface area contributed by atoms with Gasteiger partial charge in [-0.05, 0) is 45.2 Å². The molecule has 0 unspecified atom stereocenters. The summed E-state index contributed by atoms with van der Waals surface area (Å²) in [6, 6.07) is 0.174. The maximum absolute atomic E-state index is 12.6. The van der Waals surface area contributed by atoms with Gasteiger partial charge in [0.15, 0.2) is 0 Å². The minimum atomic E-state index is 0.0393. The van der Waals surface area contributed by atoms with Crippen LogP contribution in [0.3, 0.4) is 0 Å². The Bertz CT molecular complexity index is 704. The van der Waals surface area contributed by atoms with E-state index in [0.717, 1.165) is 31.0 Å². The number of likely N-dealkylation sites (tertiary alicyclic amines) is 1. The van der Waals surface area contributed by atoms with Gasteiger partial charge in [0.05, 0.1) is 18.2 Å². The van der Waals surface area contributed by atoms with E-state index in [9.17, 15) is 4.79 Å². The molecule has 0 radical (unpaired) electrons. The second-order valence-corrected chi connectivity index (χ2v) is 6.33. The molecule has 1 atom stereocenters. The fraction of sp³-hybridized carbons (Fsp3) is 0.600. The van der Waals surface area contributed by atoms with Gasteiger partial charge in [-0.25, -0.2) is 9.67 Å². The van der Waals surface area contributed by atoms with Crippen molar-refractivity contribution in [1.82, 2.24) is 24.8 Å². The highest BCUT2D eigenvalue weighted by Crippen LogP contribution is 2.24. The Balaban J connectivity index is 1.71. The van der Waals surface area contributed by atoms with Gasteiger partial charge in [-0.15, -0.1) is 0 Å². The van der Waals surface area contributed by atoms with E-state index in [-0.39, 0.29) is 23.6 Å². The molecule has 2 aromatic heterocycles. The third-order valence-corrected chi connectivity index (χ3v) is 4.56. The van der Waals surface area contributed by atoms with Gasteiger partial charge in [0.25, 0.3) is 0 Å². The first-order chi connectivity index (χ1) is 11.0. The Labute approximate surface area is 139 Å². The molecule has 0 spiro atoms. The highest BCUT2D eigenvalue weighted by Gasteiger charge is 2.27. The summed E-state index contributed by atoms with van der Waals surface area (Å²) in [4.78, 5) is 18.8. The number of hydrogen-bond acceptors (Lipinski definition) is 5. The second kappa shape index (κ2) is 6.31. The van der Waals surface area contributed by atoms with Crippen LogP contribution in [-0.4, -0.2) is 43.8 Å². The van der Waals surface area contributed by atoms with Crippen molar-refractivity contribution in [3.63, 3.8) is 0 Å². The third kappa shape index (κ3) is 3.24. The van der Waals surface area contributed by atoms with Crippen LogP contribution >= 0.6 is 11.6 Å². The normalized spacial score (nSPS) is 18.4. The van der Waals surface area contributed by atoms with Crippen LogP contribution in [0.4, 0.5) is 0 Å². The Morgan fingerprint density at radius 3 is 2.78 bits per heavy atom. The Morgan fingerprint density at radius 2 is 2.17 bits per heavy atom. The van der Waals surface area contributed by atoms with Crippen molar-refractivity contribution < 1.29 is 9.32 Å². The fourth-order valence-electron chi connectivity index (χ4n) is 3.08. The molecule has 1 amide bonds. The van der Waals surface area contributed by atoms with Gasteiger partial charge in [0.1, 0.15) is 11.6 Å². The van der Waals surface area contributed by atoms with E-state index in [2.05, 4.69) is 15.2 Å². The van der Waals surface area contributed by atoms with E-state index >= 15 is 0 Å². The summed E-state index contributed by atoms with van der Waals surface area (Å²) in [5.41, 5.74) is 1.34. The van der Waals surface area contributed by atoms with Crippen molar-refractivity contribution in [2.45, 2.75) is 46.1 Å². The average Bonchev–Trinajstić information content (AvgIpc) is 3.03. The molecule has 0 saturated carbocycles. The lowest BCUT2D eigenvalue weighted by Gasteiger charge is -2.33. The van der Waals surface area contributed by atoms with Crippen molar-refractivity contribution in [3.8, 4) is 0 Å². The Morgan fingerprint density at radius 1 is 1.39 bits per heavy atom. The van der Waals surface area contributed by atoms with Crippen LogP contribution in [0.5, 0.6) is 0 Å². The highest BCUT2D eigenvalue weighted by molar-refractivity contribution is 6.29. The maximum atomic E-state index is 12.6. The van der Waals surface area contributed by atoms with Crippen LogP contribution < -0.4 is 0 Å². The molecule has 3 heterocycles. The van der Waals surface area contributed by atoms with E-state index in [1.165, 1.54) is 0 Å². The molecule has 8 heteroatoms. The van der Waals surface area contributed by atoms with Crippen LogP contribution in [0.15, 0.2) is 4.52 Å². The Kier molecular flexibility index (Phi) is 4.39. The summed E-state index contributed by atoms with van der Waals surface area (Å²) < 4.78 is 6.85. The fourth-order valence-corrected chi connectivity index (χ4v) is 3.32. The summed E-state index contributed by atoms with van der Waals surface area (Å²) in [7, 11) is 0. The van der Waals surface area contributed by atoms with Crippen LogP contribution in [0, 0.1) is 20.8 Å². The molecule has 2 aromatic rings. The van der Waals surface area contributed by atoms with Gasteiger partial charge in [-0.2, -0.15) is 5.10 Å². The zero-order valence-corrected chi connectivity index (χ0v) is 14.3.